The molecule has 2 atom stereocenters. The fourth-order valence-corrected chi connectivity index (χ4v) is 9.40. The SMILES string of the molecule is COC1=C(c2nc3ccccc3s2)SC(c2sc(-c3nc4ccccc4s3)c(OC)c2OC)C1OC. The molecule has 0 saturated heterocycles. The summed E-state index contributed by atoms with van der Waals surface area (Å²) in [5.41, 5.74) is 1.95. The van der Waals surface area contributed by atoms with Gasteiger partial charge in [-0.2, -0.15) is 0 Å². The number of thioether (sulfide) groups is 1. The summed E-state index contributed by atoms with van der Waals surface area (Å²) in [4.78, 5) is 12.7. The molecule has 1 aliphatic rings. The molecule has 6 rings (SSSR count). The van der Waals surface area contributed by atoms with Crippen molar-refractivity contribution in [2.75, 3.05) is 28.4 Å². The van der Waals surface area contributed by atoms with Crippen LogP contribution in [0, 0.1) is 0 Å². The number of rotatable bonds is 7. The van der Waals surface area contributed by atoms with E-state index < -0.39 is 0 Å². The summed E-state index contributed by atoms with van der Waals surface area (Å²) in [7, 11) is 6.75. The van der Waals surface area contributed by atoms with Crippen LogP contribution in [0.5, 0.6) is 11.5 Å². The van der Waals surface area contributed by atoms with Crippen LogP contribution in [0.3, 0.4) is 0 Å². The number of thiophene rings is 1. The van der Waals surface area contributed by atoms with E-state index in [-0.39, 0.29) is 11.4 Å². The summed E-state index contributed by atoms with van der Waals surface area (Å²) in [5, 5.41) is 1.74. The van der Waals surface area contributed by atoms with Gasteiger partial charge in [-0.3, -0.25) is 0 Å². The first-order valence-electron chi connectivity index (χ1n) is 11.1. The van der Waals surface area contributed by atoms with Crippen LogP contribution in [-0.2, 0) is 9.47 Å². The molecule has 1 aliphatic heterocycles. The number of nitrogens with zero attached hydrogens (tertiary/aromatic N) is 2. The van der Waals surface area contributed by atoms with Gasteiger partial charge in [0.05, 0.1) is 56.8 Å². The molecule has 0 fully saturated rings. The van der Waals surface area contributed by atoms with E-state index in [1.54, 1.807) is 74.2 Å². The predicted molar refractivity (Wildman–Crippen MR) is 151 cm³/mol. The molecule has 0 bridgehead atoms. The standard InChI is InChI=1S/C26H22N2O4S4/c1-29-17-19(31-3)23(25-27-13-9-5-7-11-15(13)33-25)35-21(17)22-18(30-2)20(32-4)24(36-22)26-28-14-10-6-8-12-16(14)34-26/h5-12,17,21H,1-4H3. The number of hydrogen-bond acceptors (Lipinski definition) is 10. The van der Waals surface area contributed by atoms with Crippen molar-refractivity contribution in [2.45, 2.75) is 11.4 Å². The molecule has 10 heteroatoms. The van der Waals surface area contributed by atoms with Gasteiger partial charge in [-0.25, -0.2) is 9.97 Å². The smallest absolute Gasteiger partial charge is 0.182 e. The summed E-state index contributed by atoms with van der Waals surface area (Å²) in [6.07, 6.45) is -0.303. The van der Waals surface area contributed by atoms with Crippen molar-refractivity contribution in [1.29, 1.82) is 0 Å². The zero-order chi connectivity index (χ0) is 24.8. The number of ether oxygens (including phenoxy) is 4. The number of fused-ring (bicyclic) bond motifs is 2. The van der Waals surface area contributed by atoms with Crippen molar-refractivity contribution >= 4 is 71.1 Å². The Morgan fingerprint density at radius 2 is 1.31 bits per heavy atom. The predicted octanol–water partition coefficient (Wildman–Crippen LogP) is 7.47. The van der Waals surface area contributed by atoms with Crippen LogP contribution in [0.25, 0.3) is 35.2 Å². The minimum Gasteiger partial charge on any atom is -0.497 e. The summed E-state index contributed by atoms with van der Waals surface area (Å²) in [6.45, 7) is 0. The molecule has 2 unspecified atom stereocenters. The minimum absolute atomic E-state index is 0.0936. The average Bonchev–Trinajstić information content (AvgIpc) is 3.68. The lowest BCUT2D eigenvalue weighted by molar-refractivity contribution is 0.0816. The van der Waals surface area contributed by atoms with Crippen LogP contribution in [0.4, 0.5) is 0 Å². The van der Waals surface area contributed by atoms with Crippen molar-refractivity contribution in [3.63, 3.8) is 0 Å². The monoisotopic (exact) mass is 554 g/mol. The third-order valence-electron chi connectivity index (χ3n) is 5.97. The van der Waals surface area contributed by atoms with Crippen molar-refractivity contribution in [3.8, 4) is 21.4 Å². The van der Waals surface area contributed by atoms with Gasteiger partial charge in [-0.15, -0.1) is 45.8 Å². The van der Waals surface area contributed by atoms with E-state index >= 15 is 0 Å². The van der Waals surface area contributed by atoms with Gasteiger partial charge >= 0.3 is 0 Å². The molecular formula is C26H22N2O4S4. The van der Waals surface area contributed by atoms with Gasteiger partial charge in [0.1, 0.15) is 26.8 Å². The van der Waals surface area contributed by atoms with Crippen molar-refractivity contribution in [1.82, 2.24) is 9.97 Å². The number of para-hydroxylation sites is 2. The molecule has 4 heterocycles. The molecule has 0 amide bonds. The quantitative estimate of drug-likeness (QED) is 0.207. The molecule has 0 saturated carbocycles. The summed E-state index contributed by atoms with van der Waals surface area (Å²) in [5.74, 6) is 2.18. The van der Waals surface area contributed by atoms with Gasteiger partial charge in [-0.1, -0.05) is 24.3 Å². The fraction of sp³-hybridized carbons (Fsp3) is 0.231. The third-order valence-corrected chi connectivity index (χ3v) is 11.1. The highest BCUT2D eigenvalue weighted by Crippen LogP contribution is 2.61. The van der Waals surface area contributed by atoms with Gasteiger partial charge in [0, 0.05) is 7.11 Å². The largest absolute Gasteiger partial charge is 0.497 e. The lowest BCUT2D eigenvalue weighted by atomic mass is 10.1. The minimum atomic E-state index is -0.303. The van der Waals surface area contributed by atoms with Crippen molar-refractivity contribution < 1.29 is 18.9 Å². The van der Waals surface area contributed by atoms with Crippen molar-refractivity contribution in [3.05, 3.63) is 64.2 Å². The molecule has 5 aromatic rings. The number of aromatic nitrogens is 2. The van der Waals surface area contributed by atoms with Crippen LogP contribution in [-0.4, -0.2) is 44.5 Å². The second-order valence-corrected chi connectivity index (χ2v) is 12.2. The second kappa shape index (κ2) is 9.68. The van der Waals surface area contributed by atoms with Crippen LogP contribution in [0.2, 0.25) is 0 Å². The van der Waals surface area contributed by atoms with Crippen molar-refractivity contribution in [2.24, 2.45) is 0 Å². The first-order chi connectivity index (χ1) is 17.7. The number of hydrogen-bond donors (Lipinski definition) is 0. The molecular weight excluding hydrogens is 533 g/mol. The van der Waals surface area contributed by atoms with E-state index in [0.717, 1.165) is 50.9 Å². The van der Waals surface area contributed by atoms with Crippen LogP contribution >= 0.6 is 45.8 Å². The highest BCUT2D eigenvalue weighted by molar-refractivity contribution is 8.09. The molecule has 0 spiro atoms. The molecule has 2 aromatic carbocycles. The van der Waals surface area contributed by atoms with Gasteiger partial charge in [0.2, 0.25) is 0 Å². The van der Waals surface area contributed by atoms with E-state index in [4.69, 9.17) is 28.9 Å². The van der Waals surface area contributed by atoms with E-state index in [1.165, 1.54) is 0 Å². The Bertz CT molecular complexity index is 1540. The Hall–Kier alpha value is -2.63. The Morgan fingerprint density at radius 3 is 1.89 bits per heavy atom. The molecule has 6 nitrogen and oxygen atoms in total. The zero-order valence-corrected chi connectivity index (χ0v) is 23.2. The van der Waals surface area contributed by atoms with Gasteiger partial charge in [0.25, 0.3) is 0 Å². The average molecular weight is 555 g/mol. The topological polar surface area (TPSA) is 62.7 Å². The maximum atomic E-state index is 6.01. The van der Waals surface area contributed by atoms with Crippen LogP contribution < -0.4 is 9.47 Å². The van der Waals surface area contributed by atoms with E-state index in [0.29, 0.717) is 11.5 Å². The lowest BCUT2D eigenvalue weighted by Gasteiger charge is -2.19. The maximum absolute atomic E-state index is 6.01. The Kier molecular flexibility index (Phi) is 6.38. The Labute approximate surface area is 224 Å². The molecule has 36 heavy (non-hydrogen) atoms. The maximum Gasteiger partial charge on any atom is 0.182 e. The Morgan fingerprint density at radius 1 is 0.694 bits per heavy atom. The summed E-state index contributed by atoms with van der Waals surface area (Å²) < 4.78 is 26.0. The number of methoxy groups -OCH3 is 4. The van der Waals surface area contributed by atoms with Gasteiger partial charge in [-0.05, 0) is 24.3 Å². The van der Waals surface area contributed by atoms with E-state index in [9.17, 15) is 0 Å². The highest BCUT2D eigenvalue weighted by atomic mass is 32.2. The fourth-order valence-electron chi connectivity index (χ4n) is 4.36. The number of benzene rings is 2. The number of thiazole rings is 2. The Balaban J connectivity index is 1.46. The summed E-state index contributed by atoms with van der Waals surface area (Å²) >= 11 is 6.64. The van der Waals surface area contributed by atoms with Gasteiger partial charge in [0.15, 0.2) is 11.5 Å². The second-order valence-electron chi connectivity index (χ2n) is 7.93. The highest BCUT2D eigenvalue weighted by Gasteiger charge is 2.43. The van der Waals surface area contributed by atoms with E-state index in [1.807, 2.05) is 36.4 Å². The first kappa shape index (κ1) is 23.7. The molecule has 0 radical (unpaired) electrons. The normalized spacial score (nSPS) is 17.9. The third kappa shape index (κ3) is 3.79. The molecule has 3 aromatic heterocycles. The molecule has 0 aliphatic carbocycles. The van der Waals surface area contributed by atoms with Crippen LogP contribution in [0.15, 0.2) is 54.3 Å². The zero-order valence-electron chi connectivity index (χ0n) is 19.9. The van der Waals surface area contributed by atoms with Crippen LogP contribution in [0.1, 0.15) is 15.1 Å². The van der Waals surface area contributed by atoms with Gasteiger partial charge < -0.3 is 18.9 Å². The first-order valence-corrected chi connectivity index (χ1v) is 14.4. The van der Waals surface area contributed by atoms with E-state index in [2.05, 4.69) is 12.1 Å². The molecule has 0 N–H and O–H groups in total. The summed E-state index contributed by atoms with van der Waals surface area (Å²) in [6, 6.07) is 16.3. The lowest BCUT2D eigenvalue weighted by Crippen LogP contribution is -2.18. The molecule has 184 valence electrons.